The molecule has 0 saturated carbocycles. The lowest BCUT2D eigenvalue weighted by Gasteiger charge is -2.47. The van der Waals surface area contributed by atoms with Gasteiger partial charge in [0.15, 0.2) is 0 Å². The smallest absolute Gasteiger partial charge is 0.253 e. The predicted molar refractivity (Wildman–Crippen MR) is 76.2 cm³/mol. The Morgan fingerprint density at radius 1 is 1.32 bits per heavy atom. The fraction of sp³-hybridized carbons (Fsp3) is 0.562. The van der Waals surface area contributed by atoms with Crippen LogP contribution in [0.1, 0.15) is 47.7 Å². The number of hydrogen-bond acceptors (Lipinski definition) is 2. The standard InChI is InChI=1S/C16H22N2O/c1-2-8-16(17)10-18(11-16)15(19)14-7-6-12-4-3-5-13(12)9-14/h6-7,9H,2-5,8,10-11,17H2,1H3. The lowest BCUT2D eigenvalue weighted by Crippen LogP contribution is -2.68. The largest absolute Gasteiger partial charge is 0.335 e. The fourth-order valence-corrected chi connectivity index (χ4v) is 3.40. The summed E-state index contributed by atoms with van der Waals surface area (Å²) in [5.41, 5.74) is 9.69. The topological polar surface area (TPSA) is 46.3 Å². The lowest BCUT2D eigenvalue weighted by atomic mass is 9.86. The van der Waals surface area contributed by atoms with Crippen molar-refractivity contribution < 1.29 is 4.79 Å². The third kappa shape index (κ3) is 2.27. The molecule has 2 N–H and O–H groups in total. The van der Waals surface area contributed by atoms with Crippen LogP contribution in [-0.4, -0.2) is 29.4 Å². The third-order valence-corrected chi connectivity index (χ3v) is 4.39. The minimum atomic E-state index is -0.138. The summed E-state index contributed by atoms with van der Waals surface area (Å²) in [6, 6.07) is 6.18. The van der Waals surface area contributed by atoms with Crippen LogP contribution >= 0.6 is 0 Å². The van der Waals surface area contributed by atoms with Gasteiger partial charge in [-0.05, 0) is 48.9 Å². The van der Waals surface area contributed by atoms with Gasteiger partial charge in [0.05, 0.1) is 5.54 Å². The molecule has 19 heavy (non-hydrogen) atoms. The molecule has 0 unspecified atom stereocenters. The molecule has 0 radical (unpaired) electrons. The number of carbonyl (C=O) groups excluding carboxylic acids is 1. The van der Waals surface area contributed by atoms with Gasteiger partial charge in [-0.25, -0.2) is 0 Å². The molecule has 0 bridgehead atoms. The van der Waals surface area contributed by atoms with E-state index in [0.717, 1.165) is 31.2 Å². The highest BCUT2D eigenvalue weighted by Gasteiger charge is 2.41. The maximum Gasteiger partial charge on any atom is 0.253 e. The molecule has 102 valence electrons. The Balaban J connectivity index is 1.69. The maximum absolute atomic E-state index is 12.4. The Kier molecular flexibility index (Phi) is 3.09. The van der Waals surface area contributed by atoms with Crippen molar-refractivity contribution in [3.63, 3.8) is 0 Å². The van der Waals surface area contributed by atoms with Crippen molar-refractivity contribution in [1.29, 1.82) is 0 Å². The van der Waals surface area contributed by atoms with Gasteiger partial charge in [-0.1, -0.05) is 19.4 Å². The summed E-state index contributed by atoms with van der Waals surface area (Å²) in [5, 5.41) is 0. The molecular weight excluding hydrogens is 236 g/mol. The van der Waals surface area contributed by atoms with Gasteiger partial charge < -0.3 is 10.6 Å². The molecular formula is C16H22N2O. The molecule has 1 aliphatic carbocycles. The minimum Gasteiger partial charge on any atom is -0.335 e. The second-order valence-corrected chi connectivity index (χ2v) is 6.11. The first-order chi connectivity index (χ1) is 9.11. The molecule has 2 aliphatic rings. The van der Waals surface area contributed by atoms with Crippen LogP contribution in [0, 0.1) is 0 Å². The highest BCUT2D eigenvalue weighted by atomic mass is 16.2. The number of nitrogens with two attached hydrogens (primary N) is 1. The number of likely N-dealkylation sites (tertiary alicyclic amines) is 1. The average molecular weight is 258 g/mol. The Labute approximate surface area is 114 Å². The number of rotatable bonds is 3. The molecule has 1 aliphatic heterocycles. The van der Waals surface area contributed by atoms with Gasteiger partial charge in [0, 0.05) is 18.7 Å². The Hall–Kier alpha value is -1.35. The quantitative estimate of drug-likeness (QED) is 0.902. The van der Waals surface area contributed by atoms with Gasteiger partial charge in [-0.2, -0.15) is 0 Å². The van der Waals surface area contributed by atoms with E-state index in [0.29, 0.717) is 13.1 Å². The van der Waals surface area contributed by atoms with Crippen molar-refractivity contribution in [2.45, 2.75) is 44.6 Å². The summed E-state index contributed by atoms with van der Waals surface area (Å²) in [6.07, 6.45) is 5.58. The minimum absolute atomic E-state index is 0.138. The zero-order chi connectivity index (χ0) is 13.5. The van der Waals surface area contributed by atoms with Crippen molar-refractivity contribution in [3.05, 3.63) is 34.9 Å². The van der Waals surface area contributed by atoms with Crippen LogP contribution in [0.25, 0.3) is 0 Å². The summed E-state index contributed by atoms with van der Waals surface area (Å²) in [5.74, 6) is 0.145. The van der Waals surface area contributed by atoms with Crippen molar-refractivity contribution in [2.75, 3.05) is 13.1 Å². The number of fused-ring (bicyclic) bond motifs is 1. The monoisotopic (exact) mass is 258 g/mol. The average Bonchev–Trinajstić information content (AvgIpc) is 2.82. The van der Waals surface area contributed by atoms with E-state index in [1.165, 1.54) is 17.5 Å². The van der Waals surface area contributed by atoms with E-state index in [1.54, 1.807) is 0 Å². The van der Waals surface area contributed by atoms with E-state index in [-0.39, 0.29) is 11.4 Å². The SMILES string of the molecule is CCCC1(N)CN(C(=O)c2ccc3c(c2)CCC3)C1. The first kappa shape index (κ1) is 12.7. The first-order valence-corrected chi connectivity index (χ1v) is 7.31. The molecule has 1 amide bonds. The molecule has 1 saturated heterocycles. The number of benzene rings is 1. The van der Waals surface area contributed by atoms with Crippen molar-refractivity contribution in [2.24, 2.45) is 5.73 Å². The first-order valence-electron chi connectivity index (χ1n) is 7.31. The molecule has 0 spiro atoms. The zero-order valence-electron chi connectivity index (χ0n) is 11.6. The molecule has 0 atom stereocenters. The number of hydrogen-bond donors (Lipinski definition) is 1. The summed E-state index contributed by atoms with van der Waals surface area (Å²) >= 11 is 0. The molecule has 1 aromatic carbocycles. The van der Waals surface area contributed by atoms with Crippen LogP contribution < -0.4 is 5.73 Å². The van der Waals surface area contributed by atoms with Crippen LogP contribution in [0.4, 0.5) is 0 Å². The number of carbonyl (C=O) groups is 1. The van der Waals surface area contributed by atoms with Crippen LogP contribution in [0.3, 0.4) is 0 Å². The van der Waals surface area contributed by atoms with E-state index in [2.05, 4.69) is 19.1 Å². The zero-order valence-corrected chi connectivity index (χ0v) is 11.6. The lowest BCUT2D eigenvalue weighted by molar-refractivity contribution is 0.0386. The second kappa shape index (κ2) is 4.64. The normalized spacial score (nSPS) is 20.0. The van der Waals surface area contributed by atoms with E-state index in [4.69, 9.17) is 5.73 Å². The molecule has 3 heteroatoms. The van der Waals surface area contributed by atoms with Crippen LogP contribution in [0.2, 0.25) is 0 Å². The Morgan fingerprint density at radius 2 is 2.05 bits per heavy atom. The summed E-state index contributed by atoms with van der Waals surface area (Å²) in [7, 11) is 0. The van der Waals surface area contributed by atoms with Crippen LogP contribution in [0.5, 0.6) is 0 Å². The summed E-state index contributed by atoms with van der Waals surface area (Å²) in [6.45, 7) is 3.55. The highest BCUT2D eigenvalue weighted by molar-refractivity contribution is 5.95. The molecule has 1 heterocycles. The van der Waals surface area contributed by atoms with Crippen LogP contribution in [0.15, 0.2) is 18.2 Å². The Bertz CT molecular complexity index is 503. The summed E-state index contributed by atoms with van der Waals surface area (Å²) in [4.78, 5) is 14.3. The van der Waals surface area contributed by atoms with Crippen molar-refractivity contribution >= 4 is 5.91 Å². The van der Waals surface area contributed by atoms with Gasteiger partial charge in [0.1, 0.15) is 0 Å². The summed E-state index contributed by atoms with van der Waals surface area (Å²) < 4.78 is 0. The van der Waals surface area contributed by atoms with Gasteiger partial charge in [0.2, 0.25) is 0 Å². The Morgan fingerprint density at radius 3 is 2.79 bits per heavy atom. The molecule has 0 aromatic heterocycles. The fourth-order valence-electron chi connectivity index (χ4n) is 3.40. The van der Waals surface area contributed by atoms with Gasteiger partial charge >= 0.3 is 0 Å². The third-order valence-electron chi connectivity index (χ3n) is 4.39. The number of nitrogens with zero attached hydrogens (tertiary/aromatic N) is 1. The van der Waals surface area contributed by atoms with Crippen molar-refractivity contribution in [3.8, 4) is 0 Å². The van der Waals surface area contributed by atoms with Crippen molar-refractivity contribution in [1.82, 2.24) is 4.90 Å². The van der Waals surface area contributed by atoms with E-state index >= 15 is 0 Å². The van der Waals surface area contributed by atoms with E-state index in [1.807, 2.05) is 11.0 Å². The molecule has 3 nitrogen and oxygen atoms in total. The molecule has 1 aromatic rings. The maximum atomic E-state index is 12.4. The molecule has 1 fully saturated rings. The van der Waals surface area contributed by atoms with Gasteiger partial charge in [-0.3, -0.25) is 4.79 Å². The molecule has 3 rings (SSSR count). The number of amides is 1. The predicted octanol–water partition coefficient (Wildman–Crippen LogP) is 2.13. The van der Waals surface area contributed by atoms with E-state index in [9.17, 15) is 4.79 Å². The highest BCUT2D eigenvalue weighted by Crippen LogP contribution is 2.27. The number of aryl methyl sites for hydroxylation is 2. The van der Waals surface area contributed by atoms with Gasteiger partial charge in [-0.15, -0.1) is 0 Å². The van der Waals surface area contributed by atoms with Crippen LogP contribution in [-0.2, 0) is 12.8 Å². The second-order valence-electron chi connectivity index (χ2n) is 6.11. The van der Waals surface area contributed by atoms with E-state index < -0.39 is 0 Å². The van der Waals surface area contributed by atoms with Gasteiger partial charge in [0.25, 0.3) is 5.91 Å².